The van der Waals surface area contributed by atoms with Crippen LogP contribution >= 0.6 is 0 Å². The van der Waals surface area contributed by atoms with Crippen LogP contribution in [0.15, 0.2) is 66.9 Å². The second kappa shape index (κ2) is 9.24. The van der Waals surface area contributed by atoms with Crippen molar-refractivity contribution >= 4 is 28.8 Å². The minimum Gasteiger partial charge on any atom is -0.354 e. The number of likely N-dealkylation sites (N-methyl/N-ethyl adjacent to an activating group) is 1. The molecule has 2 atom stereocenters. The molecule has 5 rings (SSSR count). The topological polar surface area (TPSA) is 60.5 Å². The minimum absolute atomic E-state index is 0.0780. The van der Waals surface area contributed by atoms with Gasteiger partial charge in [-0.15, -0.1) is 0 Å². The Morgan fingerprint density at radius 2 is 1.91 bits per heavy atom. The number of carbonyl (C=O) groups excluding carboxylic acids is 1. The second-order valence-corrected chi connectivity index (χ2v) is 9.07. The normalized spacial score (nSPS) is 20.4. The minimum atomic E-state index is 0.0780. The van der Waals surface area contributed by atoms with Gasteiger partial charge in [-0.2, -0.15) is 0 Å². The van der Waals surface area contributed by atoms with Crippen LogP contribution in [-0.4, -0.2) is 42.1 Å². The number of hydrogen-bond donors (Lipinski definition) is 2. The fraction of sp³-hybridized carbons (Fsp3) is 0.333. The van der Waals surface area contributed by atoms with Gasteiger partial charge in [0.15, 0.2) is 0 Å². The Morgan fingerprint density at radius 3 is 2.70 bits per heavy atom. The van der Waals surface area contributed by atoms with Crippen LogP contribution < -0.4 is 15.5 Å². The lowest BCUT2D eigenvalue weighted by molar-refractivity contribution is -0.116. The zero-order chi connectivity index (χ0) is 22.8. The van der Waals surface area contributed by atoms with Crippen molar-refractivity contribution < 1.29 is 4.79 Å². The molecule has 3 aromatic rings. The number of nitrogens with one attached hydrogen (secondary N) is 2. The highest BCUT2D eigenvalue weighted by molar-refractivity contribution is 5.98. The Labute approximate surface area is 195 Å². The van der Waals surface area contributed by atoms with E-state index in [9.17, 15) is 4.79 Å². The van der Waals surface area contributed by atoms with Crippen molar-refractivity contribution in [3.63, 3.8) is 0 Å². The summed E-state index contributed by atoms with van der Waals surface area (Å²) in [5.74, 6) is 1.50. The molecule has 6 nitrogen and oxygen atoms in total. The predicted molar refractivity (Wildman–Crippen MR) is 134 cm³/mol. The summed E-state index contributed by atoms with van der Waals surface area (Å²) in [4.78, 5) is 20.9. The summed E-state index contributed by atoms with van der Waals surface area (Å²) in [7, 11) is 2.18. The summed E-state index contributed by atoms with van der Waals surface area (Å²) < 4.78 is 0. The van der Waals surface area contributed by atoms with E-state index in [1.54, 1.807) is 6.92 Å². The van der Waals surface area contributed by atoms with E-state index in [1.807, 2.05) is 35.4 Å². The standard InChI is InChI=1S/C27H31N5O/c1-19(33)32-16-14-21-9-6-10-24(27(21)32)29-23-13-15-28-25(17-23)30-26-12-11-22(18-31(26)2)20-7-4-3-5-8-20/h3-10,13,15,17,22,26H,11-12,14,16,18H2,1-2H3,(H2,28,29,30). The first kappa shape index (κ1) is 21.5. The quantitative estimate of drug-likeness (QED) is 0.585. The third kappa shape index (κ3) is 4.57. The summed E-state index contributed by atoms with van der Waals surface area (Å²) in [5.41, 5.74) is 5.53. The van der Waals surface area contributed by atoms with E-state index in [-0.39, 0.29) is 12.1 Å². The lowest BCUT2D eigenvalue weighted by Gasteiger charge is -2.38. The summed E-state index contributed by atoms with van der Waals surface area (Å²) in [6.07, 6.45) is 5.19. The monoisotopic (exact) mass is 441 g/mol. The van der Waals surface area contributed by atoms with Crippen molar-refractivity contribution in [1.82, 2.24) is 9.88 Å². The zero-order valence-electron chi connectivity index (χ0n) is 19.3. The van der Waals surface area contributed by atoms with Crippen LogP contribution in [0, 0.1) is 0 Å². The maximum absolute atomic E-state index is 12.1. The van der Waals surface area contributed by atoms with Crippen molar-refractivity contribution in [2.24, 2.45) is 0 Å². The van der Waals surface area contributed by atoms with Crippen LogP contribution in [0.4, 0.5) is 22.9 Å². The molecular formula is C27H31N5O. The lowest BCUT2D eigenvalue weighted by Crippen LogP contribution is -2.44. The van der Waals surface area contributed by atoms with Gasteiger partial charge in [0.25, 0.3) is 0 Å². The Bertz CT molecular complexity index is 1130. The van der Waals surface area contributed by atoms with Crippen molar-refractivity contribution in [3.05, 3.63) is 78.0 Å². The van der Waals surface area contributed by atoms with Crippen molar-refractivity contribution in [2.75, 3.05) is 35.7 Å². The third-order valence-corrected chi connectivity index (χ3v) is 6.83. The SMILES string of the molecule is CC(=O)N1CCc2cccc(Nc3ccnc(NC4CCC(c5ccccc5)CN4C)c3)c21. The molecule has 2 aliphatic rings. The molecule has 0 aliphatic carbocycles. The fourth-order valence-electron chi connectivity index (χ4n) is 5.11. The van der Waals surface area contributed by atoms with Gasteiger partial charge in [0.05, 0.1) is 17.5 Å². The van der Waals surface area contributed by atoms with E-state index < -0.39 is 0 Å². The summed E-state index contributed by atoms with van der Waals surface area (Å²) in [5, 5.41) is 7.14. The first-order valence-corrected chi connectivity index (χ1v) is 11.7. The summed E-state index contributed by atoms with van der Waals surface area (Å²) in [6, 6.07) is 21.0. The van der Waals surface area contributed by atoms with E-state index in [2.05, 4.69) is 64.0 Å². The van der Waals surface area contributed by atoms with E-state index in [0.29, 0.717) is 5.92 Å². The molecule has 1 aromatic heterocycles. The van der Waals surface area contributed by atoms with E-state index in [1.165, 1.54) is 11.1 Å². The van der Waals surface area contributed by atoms with E-state index in [0.717, 1.165) is 55.2 Å². The third-order valence-electron chi connectivity index (χ3n) is 6.83. The lowest BCUT2D eigenvalue weighted by atomic mass is 9.89. The van der Waals surface area contributed by atoms with Gasteiger partial charge in [-0.3, -0.25) is 9.69 Å². The Balaban J connectivity index is 1.28. The Hall–Kier alpha value is -3.38. The number of pyridine rings is 1. The van der Waals surface area contributed by atoms with Gasteiger partial charge in [-0.1, -0.05) is 42.5 Å². The number of aromatic nitrogens is 1. The summed E-state index contributed by atoms with van der Waals surface area (Å²) >= 11 is 0. The van der Waals surface area contributed by atoms with Gasteiger partial charge in [0, 0.05) is 38.0 Å². The first-order valence-electron chi connectivity index (χ1n) is 11.7. The molecule has 1 saturated heterocycles. The highest BCUT2D eigenvalue weighted by Crippen LogP contribution is 2.37. The highest BCUT2D eigenvalue weighted by atomic mass is 16.2. The van der Waals surface area contributed by atoms with Crippen LogP contribution in [0.5, 0.6) is 0 Å². The van der Waals surface area contributed by atoms with Crippen LogP contribution in [-0.2, 0) is 11.2 Å². The molecule has 2 aromatic carbocycles. The molecule has 3 heterocycles. The number of nitrogens with zero attached hydrogens (tertiary/aromatic N) is 3. The molecule has 0 saturated carbocycles. The zero-order valence-corrected chi connectivity index (χ0v) is 19.3. The van der Waals surface area contributed by atoms with Gasteiger partial charge in [0.1, 0.15) is 5.82 Å². The molecule has 2 aliphatic heterocycles. The molecule has 170 valence electrons. The van der Waals surface area contributed by atoms with Crippen molar-refractivity contribution in [3.8, 4) is 0 Å². The molecule has 2 unspecified atom stereocenters. The number of hydrogen-bond acceptors (Lipinski definition) is 5. The van der Waals surface area contributed by atoms with Crippen molar-refractivity contribution in [2.45, 2.75) is 38.3 Å². The molecule has 6 heteroatoms. The maximum Gasteiger partial charge on any atom is 0.223 e. The average Bonchev–Trinajstić information content (AvgIpc) is 3.27. The van der Waals surface area contributed by atoms with Gasteiger partial charge in [0.2, 0.25) is 5.91 Å². The van der Waals surface area contributed by atoms with Crippen LogP contribution in [0.25, 0.3) is 0 Å². The molecule has 1 fully saturated rings. The van der Waals surface area contributed by atoms with Crippen LogP contribution in [0.2, 0.25) is 0 Å². The van der Waals surface area contributed by atoms with Gasteiger partial charge < -0.3 is 15.5 Å². The van der Waals surface area contributed by atoms with Crippen molar-refractivity contribution in [1.29, 1.82) is 0 Å². The number of para-hydroxylation sites is 1. The highest BCUT2D eigenvalue weighted by Gasteiger charge is 2.27. The fourth-order valence-corrected chi connectivity index (χ4v) is 5.11. The number of likely N-dealkylation sites (tertiary alicyclic amines) is 1. The number of anilines is 4. The van der Waals surface area contributed by atoms with E-state index in [4.69, 9.17) is 0 Å². The number of benzene rings is 2. The van der Waals surface area contributed by atoms with Gasteiger partial charge in [-0.25, -0.2) is 4.98 Å². The number of carbonyl (C=O) groups is 1. The molecule has 0 radical (unpaired) electrons. The number of amides is 1. The van der Waals surface area contributed by atoms with Gasteiger partial charge in [-0.05, 0) is 55.5 Å². The Morgan fingerprint density at radius 1 is 1.06 bits per heavy atom. The molecule has 1 amide bonds. The largest absolute Gasteiger partial charge is 0.354 e. The number of fused-ring (bicyclic) bond motifs is 1. The van der Waals surface area contributed by atoms with E-state index >= 15 is 0 Å². The van der Waals surface area contributed by atoms with Crippen LogP contribution in [0.1, 0.15) is 36.8 Å². The number of rotatable bonds is 5. The molecular weight excluding hydrogens is 410 g/mol. The molecule has 2 N–H and O–H groups in total. The average molecular weight is 442 g/mol. The van der Waals surface area contributed by atoms with Crippen LogP contribution in [0.3, 0.4) is 0 Å². The molecule has 0 bridgehead atoms. The Kier molecular flexibility index (Phi) is 6.01. The molecule has 0 spiro atoms. The smallest absolute Gasteiger partial charge is 0.223 e. The van der Waals surface area contributed by atoms with Gasteiger partial charge >= 0.3 is 0 Å². The second-order valence-electron chi connectivity index (χ2n) is 9.07. The first-order chi connectivity index (χ1) is 16.1. The molecule has 33 heavy (non-hydrogen) atoms. The summed E-state index contributed by atoms with van der Waals surface area (Å²) in [6.45, 7) is 3.39. The number of piperidine rings is 1. The maximum atomic E-state index is 12.1. The predicted octanol–water partition coefficient (Wildman–Crippen LogP) is 4.98.